The minimum Gasteiger partial charge on any atom is -0.466 e. The van der Waals surface area contributed by atoms with Crippen LogP contribution in [0.5, 0.6) is 0 Å². The van der Waals surface area contributed by atoms with Gasteiger partial charge in [0.2, 0.25) is 5.91 Å². The van der Waals surface area contributed by atoms with Gasteiger partial charge in [0.25, 0.3) is 0 Å². The molecule has 2 unspecified atom stereocenters. The maximum atomic E-state index is 12.4. The third kappa shape index (κ3) is 43.7. The van der Waals surface area contributed by atoms with E-state index in [0.717, 1.165) is 70.6 Å². The maximum absolute atomic E-state index is 12.4. The fourth-order valence-corrected chi connectivity index (χ4v) is 7.49. The molecule has 58 heavy (non-hydrogen) atoms. The molecule has 0 aliphatic heterocycles. The number of carbonyl (C=O) groups is 2. The van der Waals surface area contributed by atoms with Crippen molar-refractivity contribution in [3.63, 3.8) is 0 Å². The van der Waals surface area contributed by atoms with E-state index >= 15 is 0 Å². The molecule has 0 aromatic rings. The maximum Gasteiger partial charge on any atom is 0.305 e. The van der Waals surface area contributed by atoms with E-state index in [9.17, 15) is 19.8 Å². The number of aliphatic hydroxyl groups is 2. The lowest BCUT2D eigenvalue weighted by atomic mass is 10.0. The standard InChI is InChI=1S/C52H97NO5/c1-3-5-7-9-11-13-24-28-32-36-40-44-50(55)49(48-54)53-51(56)45-41-37-33-29-26-22-20-18-16-15-17-19-21-23-27-31-35-39-43-47-58-52(57)46-42-38-34-30-25-14-12-10-8-6-4-2/h10,12,19,21,23,27,49-50,54-55H,3-9,11,13-18,20,22,24-26,28-48H2,1-2H3,(H,53,56)/b12-10-,21-19-,27-23-. The summed E-state index contributed by atoms with van der Waals surface area (Å²) < 4.78 is 5.42. The van der Waals surface area contributed by atoms with E-state index in [1.807, 2.05) is 0 Å². The van der Waals surface area contributed by atoms with Crippen molar-refractivity contribution in [1.29, 1.82) is 0 Å². The highest BCUT2D eigenvalue weighted by molar-refractivity contribution is 5.76. The molecule has 6 nitrogen and oxygen atoms in total. The molecule has 0 spiro atoms. The van der Waals surface area contributed by atoms with Crippen LogP contribution in [0.3, 0.4) is 0 Å². The van der Waals surface area contributed by atoms with Crippen molar-refractivity contribution in [2.45, 2.75) is 270 Å². The van der Waals surface area contributed by atoms with Gasteiger partial charge < -0.3 is 20.3 Å². The first-order valence-electron chi connectivity index (χ1n) is 25.3. The van der Waals surface area contributed by atoms with Gasteiger partial charge in [-0.15, -0.1) is 0 Å². The van der Waals surface area contributed by atoms with E-state index < -0.39 is 12.1 Å². The number of esters is 1. The molecule has 3 N–H and O–H groups in total. The number of hydrogen-bond donors (Lipinski definition) is 3. The van der Waals surface area contributed by atoms with Gasteiger partial charge in [-0.25, -0.2) is 0 Å². The zero-order chi connectivity index (χ0) is 42.3. The first-order chi connectivity index (χ1) is 28.5. The Kier molecular flexibility index (Phi) is 46.2. The summed E-state index contributed by atoms with van der Waals surface area (Å²) in [6, 6.07) is -0.548. The van der Waals surface area contributed by atoms with Crippen LogP contribution < -0.4 is 5.32 Å². The Labute approximate surface area is 360 Å². The van der Waals surface area contributed by atoms with E-state index in [0.29, 0.717) is 25.9 Å². The van der Waals surface area contributed by atoms with E-state index in [4.69, 9.17) is 4.74 Å². The van der Waals surface area contributed by atoms with Crippen LogP contribution >= 0.6 is 0 Å². The number of unbranched alkanes of at least 4 members (excludes halogenated alkanes) is 30. The minimum absolute atomic E-state index is 0.0252. The van der Waals surface area contributed by atoms with E-state index in [1.165, 1.54) is 154 Å². The third-order valence-electron chi connectivity index (χ3n) is 11.4. The minimum atomic E-state index is -0.669. The SMILES string of the molecule is CCCC/C=C\CCCCCCCC(=O)OCCCCC/C=C\C=C/CCCCCCCCCCCCC(=O)NC(CO)C(O)CCCCCCCCCCCCC. The Morgan fingerprint density at radius 1 is 0.483 bits per heavy atom. The summed E-state index contributed by atoms with van der Waals surface area (Å²) in [5, 5.41) is 23.1. The average Bonchev–Trinajstić information content (AvgIpc) is 3.22. The predicted octanol–water partition coefficient (Wildman–Crippen LogP) is 14.9. The second kappa shape index (κ2) is 47.8. The van der Waals surface area contributed by atoms with Crippen LogP contribution in [-0.2, 0) is 14.3 Å². The third-order valence-corrected chi connectivity index (χ3v) is 11.4. The molecule has 0 aliphatic rings. The molecule has 0 aliphatic carbocycles. The zero-order valence-corrected chi connectivity index (χ0v) is 38.5. The average molecular weight is 816 g/mol. The van der Waals surface area contributed by atoms with Crippen molar-refractivity contribution in [2.75, 3.05) is 13.2 Å². The van der Waals surface area contributed by atoms with Crippen LogP contribution in [0.2, 0.25) is 0 Å². The molecule has 0 saturated carbocycles. The number of aliphatic hydroxyl groups excluding tert-OH is 2. The Morgan fingerprint density at radius 3 is 1.38 bits per heavy atom. The predicted molar refractivity (Wildman–Crippen MR) is 250 cm³/mol. The number of rotatable bonds is 46. The van der Waals surface area contributed by atoms with Gasteiger partial charge in [0, 0.05) is 12.8 Å². The van der Waals surface area contributed by atoms with Gasteiger partial charge in [0.05, 0.1) is 25.4 Å². The van der Waals surface area contributed by atoms with Gasteiger partial charge in [-0.1, -0.05) is 204 Å². The Morgan fingerprint density at radius 2 is 0.879 bits per heavy atom. The molecule has 2 atom stereocenters. The number of ether oxygens (including phenoxy) is 1. The quantitative estimate of drug-likeness (QED) is 0.0246. The molecule has 0 saturated heterocycles. The number of allylic oxidation sites excluding steroid dienone is 6. The monoisotopic (exact) mass is 816 g/mol. The summed E-state index contributed by atoms with van der Waals surface area (Å²) >= 11 is 0. The van der Waals surface area contributed by atoms with Crippen molar-refractivity contribution in [3.8, 4) is 0 Å². The highest BCUT2D eigenvalue weighted by Crippen LogP contribution is 2.15. The summed E-state index contributed by atoms with van der Waals surface area (Å²) in [7, 11) is 0. The Bertz CT molecular complexity index is 946. The molecular weight excluding hydrogens is 719 g/mol. The molecule has 0 rings (SSSR count). The molecule has 0 heterocycles. The fraction of sp³-hybridized carbons (Fsp3) is 0.846. The number of nitrogens with one attached hydrogen (secondary N) is 1. The van der Waals surface area contributed by atoms with Crippen LogP contribution in [0.15, 0.2) is 36.5 Å². The molecule has 0 aromatic carbocycles. The van der Waals surface area contributed by atoms with Gasteiger partial charge in [-0.05, 0) is 77.0 Å². The molecule has 0 bridgehead atoms. The number of amides is 1. The van der Waals surface area contributed by atoms with Crippen molar-refractivity contribution in [1.82, 2.24) is 5.32 Å². The van der Waals surface area contributed by atoms with Gasteiger partial charge in [-0.2, -0.15) is 0 Å². The van der Waals surface area contributed by atoms with E-state index in [-0.39, 0.29) is 18.5 Å². The molecular formula is C52H97NO5. The van der Waals surface area contributed by atoms with Crippen LogP contribution in [-0.4, -0.2) is 47.4 Å². The van der Waals surface area contributed by atoms with Gasteiger partial charge >= 0.3 is 5.97 Å². The number of hydrogen-bond acceptors (Lipinski definition) is 5. The first-order valence-corrected chi connectivity index (χ1v) is 25.3. The molecule has 0 aromatic heterocycles. The van der Waals surface area contributed by atoms with Crippen LogP contribution in [0.4, 0.5) is 0 Å². The van der Waals surface area contributed by atoms with Crippen LogP contribution in [0.1, 0.15) is 258 Å². The molecule has 1 amide bonds. The van der Waals surface area contributed by atoms with E-state index in [2.05, 4.69) is 55.6 Å². The van der Waals surface area contributed by atoms with Crippen molar-refractivity contribution < 1.29 is 24.5 Å². The zero-order valence-electron chi connectivity index (χ0n) is 38.5. The second-order valence-corrected chi connectivity index (χ2v) is 17.2. The normalized spacial score (nSPS) is 13.0. The fourth-order valence-electron chi connectivity index (χ4n) is 7.49. The molecule has 6 heteroatoms. The van der Waals surface area contributed by atoms with Gasteiger partial charge in [-0.3, -0.25) is 9.59 Å². The lowest BCUT2D eigenvalue weighted by molar-refractivity contribution is -0.143. The second-order valence-electron chi connectivity index (χ2n) is 17.2. The Balaban J connectivity index is 3.49. The molecule has 340 valence electrons. The lowest BCUT2D eigenvalue weighted by Crippen LogP contribution is -2.45. The summed E-state index contributed by atoms with van der Waals surface area (Å²) in [5.41, 5.74) is 0. The van der Waals surface area contributed by atoms with Gasteiger partial charge in [0.15, 0.2) is 0 Å². The van der Waals surface area contributed by atoms with Crippen LogP contribution in [0.25, 0.3) is 0 Å². The van der Waals surface area contributed by atoms with Crippen LogP contribution in [0, 0.1) is 0 Å². The Hall–Kier alpha value is -1.92. The molecule has 0 fully saturated rings. The number of carbonyl (C=O) groups excluding carboxylic acids is 2. The van der Waals surface area contributed by atoms with Crippen molar-refractivity contribution in [3.05, 3.63) is 36.5 Å². The van der Waals surface area contributed by atoms with Gasteiger partial charge in [0.1, 0.15) is 0 Å². The summed E-state index contributed by atoms with van der Waals surface area (Å²) in [6.45, 7) is 4.85. The highest BCUT2D eigenvalue weighted by atomic mass is 16.5. The van der Waals surface area contributed by atoms with E-state index in [1.54, 1.807) is 0 Å². The summed E-state index contributed by atoms with van der Waals surface area (Å²) in [4.78, 5) is 24.4. The summed E-state index contributed by atoms with van der Waals surface area (Å²) in [6.07, 6.45) is 56.9. The largest absolute Gasteiger partial charge is 0.466 e. The highest BCUT2D eigenvalue weighted by Gasteiger charge is 2.20. The summed E-state index contributed by atoms with van der Waals surface area (Å²) in [5.74, 6) is -0.0723. The molecule has 0 radical (unpaired) electrons. The smallest absolute Gasteiger partial charge is 0.305 e. The van der Waals surface area contributed by atoms with Crippen molar-refractivity contribution >= 4 is 11.9 Å². The van der Waals surface area contributed by atoms with Crippen molar-refractivity contribution in [2.24, 2.45) is 0 Å². The first kappa shape index (κ1) is 56.1. The topological polar surface area (TPSA) is 95.9 Å². The lowest BCUT2D eigenvalue weighted by Gasteiger charge is -2.22.